The zero-order valence-electron chi connectivity index (χ0n) is 13.9. The van der Waals surface area contributed by atoms with Crippen LogP contribution in [-0.4, -0.2) is 86.3 Å². The van der Waals surface area contributed by atoms with Gasteiger partial charge >= 0.3 is 0 Å². The lowest BCUT2D eigenvalue weighted by molar-refractivity contribution is -0.299. The molecule has 2 aliphatic rings. The maximum absolute atomic E-state index is 10.1. The number of hydrogen-bond donors (Lipinski definition) is 6. The van der Waals surface area contributed by atoms with E-state index in [1.54, 1.807) is 19.9 Å². The molecule has 0 radical (unpaired) electrons. The molecule has 24 heavy (non-hydrogen) atoms. The topological polar surface area (TPSA) is 140 Å². The summed E-state index contributed by atoms with van der Waals surface area (Å²) in [4.78, 5) is 0. The van der Waals surface area contributed by atoms with Gasteiger partial charge in [-0.1, -0.05) is 6.08 Å². The molecule has 8 heteroatoms. The second kappa shape index (κ2) is 7.76. The van der Waals surface area contributed by atoms with E-state index in [2.05, 4.69) is 0 Å². The van der Waals surface area contributed by atoms with Crippen molar-refractivity contribution in [2.75, 3.05) is 13.2 Å². The summed E-state index contributed by atoms with van der Waals surface area (Å²) in [5.41, 5.74) is -0.195. The Morgan fingerprint density at radius 1 is 1.17 bits per heavy atom. The molecule has 1 aliphatic carbocycles. The van der Waals surface area contributed by atoms with Gasteiger partial charge in [0, 0.05) is 5.92 Å². The Morgan fingerprint density at radius 2 is 1.83 bits per heavy atom. The summed E-state index contributed by atoms with van der Waals surface area (Å²) < 4.78 is 10.7. The van der Waals surface area contributed by atoms with Crippen LogP contribution in [0.1, 0.15) is 26.7 Å². The third kappa shape index (κ3) is 4.33. The van der Waals surface area contributed by atoms with Gasteiger partial charge in [-0.25, -0.2) is 0 Å². The summed E-state index contributed by atoms with van der Waals surface area (Å²) in [7, 11) is 0. The van der Waals surface area contributed by atoms with E-state index < -0.39 is 49.0 Å². The zero-order chi connectivity index (χ0) is 18.1. The summed E-state index contributed by atoms with van der Waals surface area (Å²) in [6.45, 7) is 2.87. The Kier molecular flexibility index (Phi) is 6.38. The van der Waals surface area contributed by atoms with Crippen LogP contribution in [0.4, 0.5) is 0 Å². The minimum absolute atomic E-state index is 0.0678. The summed E-state index contributed by atoms with van der Waals surface area (Å²) in [6, 6.07) is 0. The number of aliphatic hydroxyl groups is 6. The minimum Gasteiger partial charge on any atom is -0.394 e. The second-order valence-electron chi connectivity index (χ2n) is 7.12. The van der Waals surface area contributed by atoms with Crippen molar-refractivity contribution in [1.82, 2.24) is 0 Å². The van der Waals surface area contributed by atoms with Crippen LogP contribution >= 0.6 is 0 Å². The molecule has 0 saturated carbocycles. The number of hydrogen-bond acceptors (Lipinski definition) is 8. The standard InChI is InChI=1S/C16H28O8/c1-16(2,22)9-4-3-8(5-10(9)18)7-23-15-14(21)13(20)12(19)11(6-17)24-15/h5,9-15,17-22H,3-4,6-7H2,1-2H3. The van der Waals surface area contributed by atoms with Gasteiger partial charge in [0.2, 0.25) is 0 Å². The smallest absolute Gasteiger partial charge is 0.187 e. The summed E-state index contributed by atoms with van der Waals surface area (Å²) in [5, 5.41) is 58.6. The van der Waals surface area contributed by atoms with Crippen LogP contribution in [0.25, 0.3) is 0 Å². The highest BCUT2D eigenvalue weighted by molar-refractivity contribution is 5.13. The van der Waals surface area contributed by atoms with Crippen LogP contribution in [0.5, 0.6) is 0 Å². The molecule has 8 nitrogen and oxygen atoms in total. The highest BCUT2D eigenvalue weighted by atomic mass is 16.7. The lowest BCUT2D eigenvalue weighted by Crippen LogP contribution is -2.59. The van der Waals surface area contributed by atoms with Crippen LogP contribution in [0.2, 0.25) is 0 Å². The molecule has 1 fully saturated rings. The Morgan fingerprint density at radius 3 is 2.38 bits per heavy atom. The Bertz CT molecular complexity index is 444. The van der Waals surface area contributed by atoms with Crippen molar-refractivity contribution in [3.8, 4) is 0 Å². The van der Waals surface area contributed by atoms with Gasteiger partial charge in [0.1, 0.15) is 24.4 Å². The molecule has 2 rings (SSSR count). The summed E-state index contributed by atoms with van der Waals surface area (Å²) in [5.74, 6) is -0.270. The maximum Gasteiger partial charge on any atom is 0.187 e. The van der Waals surface area contributed by atoms with Crippen LogP contribution < -0.4 is 0 Å². The first-order valence-corrected chi connectivity index (χ1v) is 8.17. The molecule has 0 amide bonds. The fourth-order valence-corrected chi connectivity index (χ4v) is 3.24. The van der Waals surface area contributed by atoms with Crippen molar-refractivity contribution >= 4 is 0 Å². The van der Waals surface area contributed by atoms with E-state index in [0.29, 0.717) is 12.8 Å². The first-order chi connectivity index (χ1) is 11.1. The molecule has 140 valence electrons. The number of ether oxygens (including phenoxy) is 2. The minimum atomic E-state index is -1.48. The van der Waals surface area contributed by atoms with E-state index in [9.17, 15) is 25.5 Å². The molecular formula is C16H28O8. The van der Waals surface area contributed by atoms with E-state index in [0.717, 1.165) is 5.57 Å². The van der Waals surface area contributed by atoms with Crippen LogP contribution in [0.15, 0.2) is 11.6 Å². The fourth-order valence-electron chi connectivity index (χ4n) is 3.24. The highest BCUT2D eigenvalue weighted by Gasteiger charge is 2.44. The molecule has 1 saturated heterocycles. The van der Waals surface area contributed by atoms with Gasteiger partial charge in [-0.3, -0.25) is 0 Å². The van der Waals surface area contributed by atoms with Crippen molar-refractivity contribution in [3.63, 3.8) is 0 Å². The third-order valence-corrected chi connectivity index (χ3v) is 4.78. The van der Waals surface area contributed by atoms with Gasteiger partial charge in [-0.2, -0.15) is 0 Å². The quantitative estimate of drug-likeness (QED) is 0.322. The molecule has 0 spiro atoms. The molecule has 7 unspecified atom stereocenters. The molecule has 0 bridgehead atoms. The first-order valence-electron chi connectivity index (χ1n) is 8.17. The van der Waals surface area contributed by atoms with Crippen molar-refractivity contribution in [1.29, 1.82) is 0 Å². The van der Waals surface area contributed by atoms with Crippen molar-refractivity contribution in [2.45, 2.75) is 69.1 Å². The van der Waals surface area contributed by atoms with Gasteiger partial charge in [0.25, 0.3) is 0 Å². The Balaban J connectivity index is 1.93. The largest absolute Gasteiger partial charge is 0.394 e. The molecule has 1 heterocycles. The van der Waals surface area contributed by atoms with E-state index in [1.807, 2.05) is 0 Å². The van der Waals surface area contributed by atoms with Crippen LogP contribution in [0.3, 0.4) is 0 Å². The molecule has 1 aliphatic heterocycles. The molecule has 0 aromatic carbocycles. The lowest BCUT2D eigenvalue weighted by atomic mass is 9.78. The van der Waals surface area contributed by atoms with Crippen molar-refractivity contribution in [2.24, 2.45) is 5.92 Å². The van der Waals surface area contributed by atoms with Gasteiger partial charge < -0.3 is 40.1 Å². The summed E-state index contributed by atoms with van der Waals surface area (Å²) in [6.07, 6.45) is -4.52. The normalized spacial score (nSPS) is 41.2. The van der Waals surface area contributed by atoms with E-state index in [-0.39, 0.29) is 12.5 Å². The van der Waals surface area contributed by atoms with Crippen molar-refractivity contribution < 1.29 is 40.1 Å². The zero-order valence-corrected chi connectivity index (χ0v) is 13.9. The van der Waals surface area contributed by atoms with Gasteiger partial charge in [-0.15, -0.1) is 0 Å². The monoisotopic (exact) mass is 348 g/mol. The van der Waals surface area contributed by atoms with Gasteiger partial charge in [0.15, 0.2) is 6.29 Å². The average molecular weight is 348 g/mol. The summed E-state index contributed by atoms with van der Waals surface area (Å²) >= 11 is 0. The number of aliphatic hydroxyl groups excluding tert-OH is 5. The second-order valence-corrected chi connectivity index (χ2v) is 7.12. The van der Waals surface area contributed by atoms with Crippen molar-refractivity contribution in [3.05, 3.63) is 11.6 Å². The molecule has 6 N–H and O–H groups in total. The molecule has 7 atom stereocenters. The predicted octanol–water partition coefficient (Wildman–Crippen LogP) is -1.73. The maximum atomic E-state index is 10.1. The fraction of sp³-hybridized carbons (Fsp3) is 0.875. The molecule has 0 aromatic heterocycles. The first kappa shape index (κ1) is 19.7. The van der Waals surface area contributed by atoms with Gasteiger partial charge in [0.05, 0.1) is 24.9 Å². The lowest BCUT2D eigenvalue weighted by Gasteiger charge is -2.40. The molecular weight excluding hydrogens is 320 g/mol. The van der Waals surface area contributed by atoms with Crippen LogP contribution in [0, 0.1) is 5.92 Å². The van der Waals surface area contributed by atoms with Gasteiger partial charge in [-0.05, 0) is 32.3 Å². The molecule has 0 aromatic rings. The SMILES string of the molecule is CC(C)(O)C1CCC(COC2OC(CO)C(O)C(O)C2O)=CC1O. The van der Waals surface area contributed by atoms with E-state index in [4.69, 9.17) is 14.6 Å². The Hall–Kier alpha value is -0.580. The van der Waals surface area contributed by atoms with E-state index in [1.165, 1.54) is 0 Å². The Labute approximate surface area is 141 Å². The third-order valence-electron chi connectivity index (χ3n) is 4.78. The highest BCUT2D eigenvalue weighted by Crippen LogP contribution is 2.32. The number of rotatable bonds is 5. The average Bonchev–Trinajstić information content (AvgIpc) is 2.51. The predicted molar refractivity (Wildman–Crippen MR) is 82.8 cm³/mol. The van der Waals surface area contributed by atoms with E-state index >= 15 is 0 Å². The van der Waals surface area contributed by atoms with Crippen LogP contribution in [-0.2, 0) is 9.47 Å².